The molecule has 0 saturated carbocycles. The Labute approximate surface area is 273 Å². The van der Waals surface area contributed by atoms with Gasteiger partial charge in [0.05, 0.1) is 16.9 Å². The van der Waals surface area contributed by atoms with Gasteiger partial charge in [-0.25, -0.2) is 4.68 Å². The third-order valence-corrected chi connectivity index (χ3v) is 9.27. The minimum absolute atomic E-state index is 0.157. The Balaban J connectivity index is 1.20. The number of nitrogens with two attached hydrogens (primary N) is 1. The maximum Gasteiger partial charge on any atom is 0.429 e. The molecule has 0 amide bonds. The lowest BCUT2D eigenvalue weighted by atomic mass is 9.76. The number of nitrogens with one attached hydrogen (secondary N) is 1. The summed E-state index contributed by atoms with van der Waals surface area (Å²) in [6.45, 7) is 3.41. The van der Waals surface area contributed by atoms with Crippen LogP contribution in [0.1, 0.15) is 36.6 Å². The first kappa shape index (κ1) is 31.4. The molecule has 2 fully saturated rings. The van der Waals surface area contributed by atoms with Crippen LogP contribution < -0.4 is 20.7 Å². The lowest BCUT2D eigenvalue weighted by Crippen LogP contribution is -2.41. The van der Waals surface area contributed by atoms with Gasteiger partial charge in [-0.3, -0.25) is 9.78 Å². The van der Waals surface area contributed by atoms with Crippen LogP contribution in [0, 0.1) is 12.3 Å². The van der Waals surface area contributed by atoms with Crippen LogP contribution in [0.5, 0.6) is 5.88 Å². The van der Waals surface area contributed by atoms with Crippen LogP contribution in [-0.2, 0) is 4.79 Å². The van der Waals surface area contributed by atoms with E-state index in [9.17, 15) is 23.1 Å². The number of halogens is 3. The van der Waals surface area contributed by atoms with Crippen molar-refractivity contribution in [3.8, 4) is 22.7 Å². The quantitative estimate of drug-likeness (QED) is 0.206. The Hall–Kier alpha value is -5.24. The molecular formula is C34H33F3N8O3. The Kier molecular flexibility index (Phi) is 7.90. The highest BCUT2D eigenvalue weighted by atomic mass is 19.4. The number of aromatic nitrogens is 5. The second-order valence-corrected chi connectivity index (χ2v) is 12.5. The van der Waals surface area contributed by atoms with Crippen molar-refractivity contribution in [3.05, 3.63) is 84.3 Å². The Morgan fingerprint density at radius 2 is 1.85 bits per heavy atom. The molecule has 2 aromatic carbocycles. The average molecular weight is 659 g/mol. The van der Waals surface area contributed by atoms with Gasteiger partial charge in [0.15, 0.2) is 0 Å². The minimum Gasteiger partial charge on any atom is -0.480 e. The van der Waals surface area contributed by atoms with E-state index in [1.807, 2.05) is 35.2 Å². The number of aryl methyl sites for hydroxylation is 1. The molecule has 1 spiro atoms. The van der Waals surface area contributed by atoms with E-state index >= 15 is 0 Å². The third-order valence-electron chi connectivity index (χ3n) is 9.27. The second-order valence-electron chi connectivity index (χ2n) is 12.5. The highest BCUT2D eigenvalue weighted by Gasteiger charge is 2.46. The molecule has 3 aromatic heterocycles. The molecule has 2 aliphatic heterocycles. The first-order chi connectivity index (χ1) is 23.0. The van der Waals surface area contributed by atoms with Crippen LogP contribution in [-0.4, -0.2) is 67.7 Å². The number of piperidine rings is 1. The second kappa shape index (κ2) is 12.1. The van der Waals surface area contributed by atoms with Crippen molar-refractivity contribution in [2.75, 3.05) is 30.3 Å². The molecule has 248 valence electrons. The van der Waals surface area contributed by atoms with Crippen molar-refractivity contribution < 1.29 is 27.8 Å². The van der Waals surface area contributed by atoms with Gasteiger partial charge in [-0.1, -0.05) is 30.3 Å². The summed E-state index contributed by atoms with van der Waals surface area (Å²) in [4.78, 5) is 26.1. The molecule has 2 atom stereocenters. The number of ether oxygens (including phenoxy) is 1. The SMILES string of the molecule is Cc1ccn(-c2cc(-c3ccc4cccnc4c3)ccc2[C@@H](Oc2cc(N3CCC4(CC3)CN[C@H](C(=O)O)C4)nc(N)n2)C(F)(F)F)n1. The molecule has 0 radical (unpaired) electrons. The number of nitrogens with zero attached hydrogens (tertiary/aromatic N) is 6. The summed E-state index contributed by atoms with van der Waals surface area (Å²) in [6, 6.07) is 16.7. The van der Waals surface area contributed by atoms with E-state index in [1.165, 1.54) is 16.8 Å². The number of anilines is 2. The zero-order valence-electron chi connectivity index (χ0n) is 26.0. The molecule has 5 aromatic rings. The predicted octanol–water partition coefficient (Wildman–Crippen LogP) is 5.48. The zero-order chi connectivity index (χ0) is 33.6. The third kappa shape index (κ3) is 6.22. The summed E-state index contributed by atoms with van der Waals surface area (Å²) in [5.74, 6) is -1.07. The fourth-order valence-corrected chi connectivity index (χ4v) is 6.70. The molecular weight excluding hydrogens is 625 g/mol. The number of benzene rings is 2. The Morgan fingerprint density at radius 3 is 2.56 bits per heavy atom. The summed E-state index contributed by atoms with van der Waals surface area (Å²) >= 11 is 0. The molecule has 0 unspecified atom stereocenters. The average Bonchev–Trinajstić information content (AvgIpc) is 3.69. The fourth-order valence-electron chi connectivity index (χ4n) is 6.70. The molecule has 0 aliphatic carbocycles. The van der Waals surface area contributed by atoms with Gasteiger partial charge in [0.25, 0.3) is 0 Å². The molecule has 5 heterocycles. The van der Waals surface area contributed by atoms with Gasteiger partial charge in [-0.2, -0.15) is 28.2 Å². The van der Waals surface area contributed by atoms with E-state index in [4.69, 9.17) is 10.5 Å². The fraction of sp³-hybridized carbons (Fsp3) is 0.324. The van der Waals surface area contributed by atoms with Crippen molar-refractivity contribution in [1.82, 2.24) is 30.0 Å². The van der Waals surface area contributed by atoms with Crippen molar-refractivity contribution in [2.45, 2.75) is 44.5 Å². The standard InChI is InChI=1S/C34H33F3N8O3/c1-20-8-12-45(43-20)27-16-23(22-5-4-21-3-2-11-39-25(21)15-22)6-7-24(27)30(34(35,36)37)48-29-17-28(41-32(38)42-29)44-13-9-33(10-14-44)18-26(31(46)47)40-19-33/h2-8,11-12,15-17,26,30,40H,9-10,13-14,18-19H2,1H3,(H,46,47)(H2,38,41,42)/t26-,30+/m0/s1. The van der Waals surface area contributed by atoms with Crippen LogP contribution in [0.4, 0.5) is 24.9 Å². The van der Waals surface area contributed by atoms with Crippen molar-refractivity contribution in [3.63, 3.8) is 0 Å². The number of fused-ring (bicyclic) bond motifs is 1. The van der Waals surface area contributed by atoms with E-state index in [1.54, 1.807) is 37.5 Å². The van der Waals surface area contributed by atoms with Crippen molar-refractivity contribution in [1.29, 1.82) is 0 Å². The first-order valence-corrected chi connectivity index (χ1v) is 15.6. The number of nitrogen functional groups attached to an aromatic ring is 1. The number of carboxylic acids is 1. The number of hydrogen-bond acceptors (Lipinski definition) is 9. The van der Waals surface area contributed by atoms with Gasteiger partial charge < -0.3 is 25.8 Å². The normalized spacial score (nSPS) is 18.3. The van der Waals surface area contributed by atoms with Crippen LogP contribution in [0.3, 0.4) is 0 Å². The number of carboxylic acid groups (broad SMARTS) is 1. The largest absolute Gasteiger partial charge is 0.480 e. The number of rotatable bonds is 7. The topological polar surface area (TPSA) is 144 Å². The van der Waals surface area contributed by atoms with Crippen LogP contribution in [0.2, 0.25) is 0 Å². The van der Waals surface area contributed by atoms with E-state index in [2.05, 4.69) is 25.4 Å². The maximum absolute atomic E-state index is 14.9. The lowest BCUT2D eigenvalue weighted by Gasteiger charge is -2.39. The Morgan fingerprint density at radius 1 is 1.08 bits per heavy atom. The molecule has 2 aliphatic rings. The van der Waals surface area contributed by atoms with Crippen molar-refractivity contribution in [2.24, 2.45) is 5.41 Å². The predicted molar refractivity (Wildman–Crippen MR) is 173 cm³/mol. The lowest BCUT2D eigenvalue weighted by molar-refractivity contribution is -0.198. The summed E-state index contributed by atoms with van der Waals surface area (Å²) in [7, 11) is 0. The van der Waals surface area contributed by atoms with Gasteiger partial charge in [0.1, 0.15) is 11.9 Å². The van der Waals surface area contributed by atoms with Gasteiger partial charge in [0, 0.05) is 49.0 Å². The molecule has 48 heavy (non-hydrogen) atoms. The summed E-state index contributed by atoms with van der Waals surface area (Å²) in [5.41, 5.74) is 8.73. The molecule has 4 N–H and O–H groups in total. The molecule has 7 rings (SSSR count). The number of carbonyl (C=O) groups is 1. The van der Waals surface area contributed by atoms with E-state index in [0.29, 0.717) is 56.0 Å². The van der Waals surface area contributed by atoms with Crippen LogP contribution >= 0.6 is 0 Å². The van der Waals surface area contributed by atoms with Crippen LogP contribution in [0.15, 0.2) is 73.1 Å². The smallest absolute Gasteiger partial charge is 0.429 e. The molecule has 14 heteroatoms. The highest BCUT2D eigenvalue weighted by Crippen LogP contribution is 2.43. The van der Waals surface area contributed by atoms with E-state index in [-0.39, 0.29) is 28.5 Å². The minimum atomic E-state index is -4.83. The maximum atomic E-state index is 14.9. The summed E-state index contributed by atoms with van der Waals surface area (Å²) in [6.07, 6.45) is -2.03. The summed E-state index contributed by atoms with van der Waals surface area (Å²) in [5, 5.41) is 17.9. The van der Waals surface area contributed by atoms with Gasteiger partial charge in [-0.05, 0) is 67.0 Å². The van der Waals surface area contributed by atoms with Gasteiger partial charge >= 0.3 is 12.1 Å². The van der Waals surface area contributed by atoms with Crippen molar-refractivity contribution >= 4 is 28.6 Å². The monoisotopic (exact) mass is 658 g/mol. The number of alkyl halides is 3. The molecule has 0 bridgehead atoms. The summed E-state index contributed by atoms with van der Waals surface area (Å²) < 4.78 is 51.8. The zero-order valence-corrected chi connectivity index (χ0v) is 26.0. The van der Waals surface area contributed by atoms with Gasteiger partial charge in [-0.15, -0.1) is 0 Å². The number of pyridine rings is 1. The number of aliphatic carboxylic acids is 1. The Bertz CT molecular complexity index is 1990. The van der Waals surface area contributed by atoms with Crippen LogP contribution in [0.25, 0.3) is 27.7 Å². The number of hydrogen-bond donors (Lipinski definition) is 3. The molecule has 11 nitrogen and oxygen atoms in total. The molecule has 2 saturated heterocycles. The first-order valence-electron chi connectivity index (χ1n) is 15.6. The highest BCUT2D eigenvalue weighted by molar-refractivity contribution is 5.84. The van der Waals surface area contributed by atoms with E-state index < -0.39 is 24.3 Å². The van der Waals surface area contributed by atoms with E-state index in [0.717, 1.165) is 16.5 Å². The van der Waals surface area contributed by atoms with Gasteiger partial charge in [0.2, 0.25) is 17.9 Å².